The third-order valence-electron chi connectivity index (χ3n) is 3.83. The second-order valence-corrected chi connectivity index (χ2v) is 6.81. The Hall–Kier alpha value is -1.01. The van der Waals surface area contributed by atoms with Gasteiger partial charge in [-0.3, -0.25) is 4.98 Å². The number of aromatic nitrogens is 3. The molecule has 1 saturated carbocycles. The minimum atomic E-state index is 0.510. The molecule has 0 radical (unpaired) electrons. The number of nitrogens with one attached hydrogen (secondary N) is 1. The predicted molar refractivity (Wildman–Crippen MR) is 91.4 cm³/mol. The molecule has 4 nitrogen and oxygen atoms in total. The first-order valence-electron chi connectivity index (χ1n) is 7.06. The molecule has 1 aliphatic rings. The fourth-order valence-electron chi connectivity index (χ4n) is 2.76. The van der Waals surface area contributed by atoms with Gasteiger partial charge in [0.15, 0.2) is 5.82 Å². The van der Waals surface area contributed by atoms with E-state index in [-0.39, 0.29) is 0 Å². The Morgan fingerprint density at radius 3 is 2.62 bits per heavy atom. The first-order chi connectivity index (χ1) is 10.2. The molecule has 21 heavy (non-hydrogen) atoms. The van der Waals surface area contributed by atoms with Crippen LogP contribution in [0.3, 0.4) is 0 Å². The van der Waals surface area contributed by atoms with E-state index < -0.39 is 0 Å². The summed E-state index contributed by atoms with van der Waals surface area (Å²) in [5.74, 6) is 1.99. The molecule has 0 unspecified atom stereocenters. The van der Waals surface area contributed by atoms with Crippen molar-refractivity contribution in [2.75, 3.05) is 12.4 Å². The number of nitrogens with zero attached hydrogens (tertiary/aromatic N) is 3. The first kappa shape index (κ1) is 14.9. The van der Waals surface area contributed by atoms with Crippen molar-refractivity contribution in [3.8, 4) is 11.5 Å². The summed E-state index contributed by atoms with van der Waals surface area (Å²) in [5.41, 5.74) is 1.88. The minimum Gasteiger partial charge on any atom is -0.372 e. The summed E-state index contributed by atoms with van der Waals surface area (Å²) in [6.07, 6.45) is 6.71. The van der Waals surface area contributed by atoms with E-state index in [1.165, 1.54) is 25.7 Å². The Balaban J connectivity index is 2.13. The van der Waals surface area contributed by atoms with Gasteiger partial charge in [0.2, 0.25) is 0 Å². The maximum atomic E-state index is 4.80. The van der Waals surface area contributed by atoms with Crippen LogP contribution < -0.4 is 5.32 Å². The highest BCUT2D eigenvalue weighted by molar-refractivity contribution is 9.11. The molecular formula is C15H16Br2N4. The van der Waals surface area contributed by atoms with Gasteiger partial charge in [-0.15, -0.1) is 0 Å². The fraction of sp³-hybridized carbons (Fsp3) is 0.400. The SMILES string of the molecule is CNc1nc(-c2ncccc2Br)nc(C2CCCC2)c1Br. The number of hydrogen-bond donors (Lipinski definition) is 1. The number of hydrogen-bond acceptors (Lipinski definition) is 4. The number of halogens is 2. The van der Waals surface area contributed by atoms with E-state index in [1.54, 1.807) is 6.20 Å². The normalized spacial score (nSPS) is 15.4. The summed E-state index contributed by atoms with van der Waals surface area (Å²) in [5, 5.41) is 3.15. The molecule has 0 aliphatic heterocycles. The smallest absolute Gasteiger partial charge is 0.181 e. The van der Waals surface area contributed by atoms with Gasteiger partial charge in [-0.2, -0.15) is 0 Å². The van der Waals surface area contributed by atoms with Gasteiger partial charge in [-0.05, 0) is 56.8 Å². The largest absolute Gasteiger partial charge is 0.372 e. The lowest BCUT2D eigenvalue weighted by atomic mass is 10.0. The summed E-state index contributed by atoms with van der Waals surface area (Å²) in [7, 11) is 1.88. The van der Waals surface area contributed by atoms with E-state index in [1.807, 2.05) is 19.2 Å². The van der Waals surface area contributed by atoms with E-state index in [0.717, 1.165) is 26.2 Å². The Morgan fingerprint density at radius 2 is 1.95 bits per heavy atom. The topological polar surface area (TPSA) is 50.7 Å². The lowest BCUT2D eigenvalue weighted by Crippen LogP contribution is -2.07. The highest BCUT2D eigenvalue weighted by Gasteiger charge is 2.24. The molecule has 0 aromatic carbocycles. The molecule has 1 N–H and O–H groups in total. The minimum absolute atomic E-state index is 0.510. The maximum absolute atomic E-state index is 4.80. The van der Waals surface area contributed by atoms with Gasteiger partial charge < -0.3 is 5.32 Å². The summed E-state index contributed by atoms with van der Waals surface area (Å²) in [6.45, 7) is 0. The van der Waals surface area contributed by atoms with Crippen molar-refractivity contribution in [3.05, 3.63) is 33.0 Å². The van der Waals surface area contributed by atoms with Crippen LogP contribution in [0, 0.1) is 0 Å². The molecule has 2 heterocycles. The van der Waals surface area contributed by atoms with Crippen LogP contribution in [0.15, 0.2) is 27.3 Å². The van der Waals surface area contributed by atoms with Crippen molar-refractivity contribution in [1.82, 2.24) is 15.0 Å². The van der Waals surface area contributed by atoms with Crippen LogP contribution in [0.4, 0.5) is 5.82 Å². The Labute approximate surface area is 141 Å². The highest BCUT2D eigenvalue weighted by atomic mass is 79.9. The van der Waals surface area contributed by atoms with Crippen LogP contribution in [0.25, 0.3) is 11.5 Å². The monoisotopic (exact) mass is 410 g/mol. The molecule has 2 aromatic heterocycles. The van der Waals surface area contributed by atoms with E-state index in [0.29, 0.717) is 11.7 Å². The van der Waals surface area contributed by atoms with Gasteiger partial charge in [0.1, 0.15) is 11.5 Å². The standard InChI is InChI=1S/C15H16Br2N4/c1-18-14-11(17)12(9-5-2-3-6-9)20-15(21-14)13-10(16)7-4-8-19-13/h4,7-9H,2-3,5-6H2,1H3,(H,18,20,21). The summed E-state index contributed by atoms with van der Waals surface area (Å²) < 4.78 is 1.89. The van der Waals surface area contributed by atoms with Crippen molar-refractivity contribution in [2.24, 2.45) is 0 Å². The Kier molecular flexibility index (Phi) is 4.54. The lowest BCUT2D eigenvalue weighted by molar-refractivity contribution is 0.691. The lowest BCUT2D eigenvalue weighted by Gasteiger charge is -2.15. The predicted octanol–water partition coefficient (Wildman–Crippen LogP) is 4.76. The summed E-state index contributed by atoms with van der Waals surface area (Å²) in [4.78, 5) is 13.8. The molecule has 3 rings (SSSR count). The van der Waals surface area contributed by atoms with Gasteiger partial charge in [-0.25, -0.2) is 9.97 Å². The third-order valence-corrected chi connectivity index (χ3v) is 5.25. The zero-order chi connectivity index (χ0) is 14.8. The Bertz CT molecular complexity index is 654. The molecule has 2 aromatic rings. The van der Waals surface area contributed by atoms with Gasteiger partial charge >= 0.3 is 0 Å². The summed E-state index contributed by atoms with van der Waals surface area (Å²) in [6, 6.07) is 3.85. The number of pyridine rings is 1. The molecule has 0 amide bonds. The molecule has 0 spiro atoms. The zero-order valence-electron chi connectivity index (χ0n) is 11.7. The van der Waals surface area contributed by atoms with Crippen LogP contribution >= 0.6 is 31.9 Å². The second kappa shape index (κ2) is 6.40. The quantitative estimate of drug-likeness (QED) is 0.790. The third kappa shape index (κ3) is 2.97. The molecule has 0 atom stereocenters. The van der Waals surface area contributed by atoms with Crippen molar-refractivity contribution in [2.45, 2.75) is 31.6 Å². The average Bonchev–Trinajstić information content (AvgIpc) is 3.02. The van der Waals surface area contributed by atoms with Crippen molar-refractivity contribution in [1.29, 1.82) is 0 Å². The fourth-order valence-corrected chi connectivity index (χ4v) is 3.89. The molecule has 110 valence electrons. The van der Waals surface area contributed by atoms with E-state index in [4.69, 9.17) is 4.98 Å². The van der Waals surface area contributed by atoms with Gasteiger partial charge in [0.05, 0.1) is 10.2 Å². The molecule has 6 heteroatoms. The number of rotatable bonds is 3. The van der Waals surface area contributed by atoms with E-state index in [9.17, 15) is 0 Å². The highest BCUT2D eigenvalue weighted by Crippen LogP contribution is 2.39. The van der Waals surface area contributed by atoms with E-state index in [2.05, 4.69) is 47.1 Å². The van der Waals surface area contributed by atoms with Crippen LogP contribution in [0.5, 0.6) is 0 Å². The molecule has 1 fully saturated rings. The van der Waals surface area contributed by atoms with Crippen molar-refractivity contribution in [3.63, 3.8) is 0 Å². The van der Waals surface area contributed by atoms with E-state index >= 15 is 0 Å². The van der Waals surface area contributed by atoms with Gasteiger partial charge in [0, 0.05) is 23.6 Å². The number of anilines is 1. The maximum Gasteiger partial charge on any atom is 0.181 e. The van der Waals surface area contributed by atoms with Crippen LogP contribution in [-0.2, 0) is 0 Å². The van der Waals surface area contributed by atoms with Crippen molar-refractivity contribution >= 4 is 37.7 Å². The van der Waals surface area contributed by atoms with Gasteiger partial charge in [-0.1, -0.05) is 12.8 Å². The zero-order valence-corrected chi connectivity index (χ0v) is 14.9. The first-order valence-corrected chi connectivity index (χ1v) is 8.65. The summed E-state index contributed by atoms with van der Waals surface area (Å²) >= 11 is 7.19. The van der Waals surface area contributed by atoms with Crippen LogP contribution in [0.1, 0.15) is 37.3 Å². The average molecular weight is 412 g/mol. The van der Waals surface area contributed by atoms with Crippen LogP contribution in [-0.4, -0.2) is 22.0 Å². The molecular weight excluding hydrogens is 396 g/mol. The van der Waals surface area contributed by atoms with Crippen LogP contribution in [0.2, 0.25) is 0 Å². The molecule has 1 aliphatic carbocycles. The molecule has 0 saturated heterocycles. The molecule has 0 bridgehead atoms. The Morgan fingerprint density at radius 1 is 1.19 bits per heavy atom. The second-order valence-electron chi connectivity index (χ2n) is 5.16. The van der Waals surface area contributed by atoms with Gasteiger partial charge in [0.25, 0.3) is 0 Å². The van der Waals surface area contributed by atoms with Crippen molar-refractivity contribution < 1.29 is 0 Å².